The molecule has 0 saturated heterocycles. The third-order valence-corrected chi connectivity index (χ3v) is 5.41. The molecule has 0 saturated carbocycles. The number of pyridine rings is 2. The van der Waals surface area contributed by atoms with Crippen molar-refractivity contribution in [1.82, 2.24) is 24.9 Å². The van der Waals surface area contributed by atoms with E-state index in [4.69, 9.17) is 4.74 Å². The number of allylic oxidation sites excluding steroid dienone is 1. The number of rotatable bonds is 8. The van der Waals surface area contributed by atoms with Gasteiger partial charge in [0, 0.05) is 52.3 Å². The lowest BCUT2D eigenvalue weighted by molar-refractivity contribution is -0.131. The van der Waals surface area contributed by atoms with E-state index in [1.807, 2.05) is 41.8 Å². The van der Waals surface area contributed by atoms with Crippen LogP contribution in [0.3, 0.4) is 0 Å². The summed E-state index contributed by atoms with van der Waals surface area (Å²) in [4.78, 5) is 32.9. The van der Waals surface area contributed by atoms with Crippen molar-refractivity contribution in [3.63, 3.8) is 0 Å². The number of hydrogen-bond donors (Lipinski definition) is 1. The molecule has 1 N–H and O–H groups in total. The lowest BCUT2D eigenvalue weighted by Gasteiger charge is -2.04. The zero-order chi connectivity index (χ0) is 22.3. The third-order valence-electron chi connectivity index (χ3n) is 4.52. The zero-order valence-electron chi connectivity index (χ0n) is 17.2. The summed E-state index contributed by atoms with van der Waals surface area (Å²) in [5, 5.41) is 12.7. The summed E-state index contributed by atoms with van der Waals surface area (Å²) in [5.74, 6) is -1.07. The summed E-state index contributed by atoms with van der Waals surface area (Å²) in [7, 11) is 1.47. The van der Waals surface area contributed by atoms with Crippen LogP contribution in [0.4, 0.5) is 0 Å². The molecule has 0 aliphatic rings. The topological polar surface area (TPSA) is 111 Å². The van der Waals surface area contributed by atoms with Crippen LogP contribution >= 0.6 is 11.3 Å². The first kappa shape index (κ1) is 21.3. The largest absolute Gasteiger partial charge is 0.478 e. The van der Waals surface area contributed by atoms with Crippen molar-refractivity contribution in [1.29, 1.82) is 0 Å². The van der Waals surface area contributed by atoms with Crippen LogP contribution in [-0.4, -0.2) is 43.1 Å². The van der Waals surface area contributed by atoms with E-state index >= 15 is 0 Å². The Morgan fingerprint density at radius 3 is 2.78 bits per heavy atom. The Morgan fingerprint density at radius 2 is 2.00 bits per heavy atom. The fourth-order valence-corrected chi connectivity index (χ4v) is 3.83. The highest BCUT2D eigenvalue weighted by Crippen LogP contribution is 2.26. The fraction of sp³-hybridized carbons (Fsp3) is 0.130. The number of aromatic nitrogens is 5. The molecule has 0 fully saturated rings. The van der Waals surface area contributed by atoms with E-state index in [-0.39, 0.29) is 6.01 Å². The molecule has 0 aromatic carbocycles. The Kier molecular flexibility index (Phi) is 6.57. The highest BCUT2D eigenvalue weighted by atomic mass is 32.1. The van der Waals surface area contributed by atoms with Crippen LogP contribution in [0, 0.1) is 0 Å². The monoisotopic (exact) mass is 445 g/mol. The maximum atomic E-state index is 11.3. The van der Waals surface area contributed by atoms with E-state index in [2.05, 4.69) is 24.9 Å². The second-order valence-electron chi connectivity index (χ2n) is 6.73. The number of nitrogens with zero attached hydrogens (tertiary/aromatic N) is 5. The number of methoxy groups -OCH3 is 1. The predicted octanol–water partition coefficient (Wildman–Crippen LogP) is 4.05. The van der Waals surface area contributed by atoms with Gasteiger partial charge in [0.05, 0.1) is 12.8 Å². The van der Waals surface area contributed by atoms with Crippen LogP contribution in [0.25, 0.3) is 22.7 Å². The third kappa shape index (κ3) is 5.19. The van der Waals surface area contributed by atoms with Gasteiger partial charge in [-0.1, -0.05) is 6.08 Å². The van der Waals surface area contributed by atoms with E-state index in [0.29, 0.717) is 16.1 Å². The van der Waals surface area contributed by atoms with Crippen LogP contribution in [0.5, 0.6) is 6.01 Å². The molecular formula is C23H19N5O3S. The number of hydrogen-bond acceptors (Lipinski definition) is 8. The molecule has 32 heavy (non-hydrogen) atoms. The van der Waals surface area contributed by atoms with Crippen LogP contribution in [-0.2, 0) is 11.2 Å². The van der Waals surface area contributed by atoms with Gasteiger partial charge in [0.15, 0.2) is 5.65 Å². The first-order valence-electron chi connectivity index (χ1n) is 9.76. The Hall–Kier alpha value is -3.98. The summed E-state index contributed by atoms with van der Waals surface area (Å²) < 4.78 is 4.96. The molecule has 9 heteroatoms. The average molecular weight is 446 g/mol. The minimum atomic E-state index is -1.07. The molecule has 0 spiro atoms. The van der Waals surface area contributed by atoms with Crippen molar-refractivity contribution in [2.75, 3.05) is 7.11 Å². The molecule has 4 aromatic rings. The Bertz CT molecular complexity index is 1300. The number of carbonyl (C=O) groups is 1. The maximum Gasteiger partial charge on any atom is 0.329 e. The number of carboxylic acid groups (broad SMARTS) is 1. The number of fused-ring (bicyclic) bond motifs is 1. The number of carboxylic acids is 1. The number of ether oxygens (including phenoxy) is 1. The van der Waals surface area contributed by atoms with Crippen molar-refractivity contribution in [2.45, 2.75) is 12.8 Å². The quantitative estimate of drug-likeness (QED) is 0.405. The Morgan fingerprint density at radius 1 is 1.16 bits per heavy atom. The SMILES string of the molecule is COc1ncc(/C(=C\C(=O)O)c2nc(/C=C/CCc3ccc4cccnc4n3)cs2)cn1. The molecule has 0 aliphatic heterocycles. The molecule has 0 bridgehead atoms. The lowest BCUT2D eigenvalue weighted by atomic mass is 10.1. The molecule has 0 unspecified atom stereocenters. The van der Waals surface area contributed by atoms with Gasteiger partial charge in [-0.3, -0.25) is 0 Å². The van der Waals surface area contributed by atoms with Gasteiger partial charge < -0.3 is 9.84 Å². The second kappa shape index (κ2) is 9.88. The van der Waals surface area contributed by atoms with Crippen molar-refractivity contribution < 1.29 is 14.6 Å². The van der Waals surface area contributed by atoms with Gasteiger partial charge in [-0.25, -0.2) is 29.7 Å². The fourth-order valence-electron chi connectivity index (χ4n) is 3.01. The number of aliphatic carboxylic acids is 1. The lowest BCUT2D eigenvalue weighted by Crippen LogP contribution is -1.98. The first-order valence-corrected chi connectivity index (χ1v) is 10.6. The number of thiazole rings is 1. The van der Waals surface area contributed by atoms with Gasteiger partial charge in [-0.05, 0) is 43.2 Å². The highest BCUT2D eigenvalue weighted by molar-refractivity contribution is 7.11. The van der Waals surface area contributed by atoms with Crippen LogP contribution < -0.4 is 4.74 Å². The van der Waals surface area contributed by atoms with E-state index in [0.717, 1.165) is 41.3 Å². The van der Waals surface area contributed by atoms with Gasteiger partial charge in [-0.2, -0.15) is 0 Å². The van der Waals surface area contributed by atoms with Crippen LogP contribution in [0.1, 0.15) is 28.4 Å². The first-order chi connectivity index (χ1) is 15.6. The summed E-state index contributed by atoms with van der Waals surface area (Å²) in [5.41, 5.74) is 3.47. The van der Waals surface area contributed by atoms with Crippen molar-refractivity contribution >= 4 is 40.0 Å². The molecule has 0 amide bonds. The zero-order valence-corrected chi connectivity index (χ0v) is 18.0. The molecular weight excluding hydrogens is 426 g/mol. The normalized spacial score (nSPS) is 11.8. The van der Waals surface area contributed by atoms with E-state index in [1.54, 1.807) is 6.20 Å². The van der Waals surface area contributed by atoms with Crippen molar-refractivity contribution in [3.8, 4) is 6.01 Å². The van der Waals surface area contributed by atoms with Crippen molar-refractivity contribution in [2.24, 2.45) is 0 Å². The van der Waals surface area contributed by atoms with Gasteiger partial charge >= 0.3 is 12.0 Å². The van der Waals surface area contributed by atoms with Crippen LogP contribution in [0.15, 0.2) is 60.4 Å². The molecule has 4 rings (SSSR count). The van der Waals surface area contributed by atoms with Gasteiger partial charge in [-0.15, -0.1) is 11.3 Å². The minimum Gasteiger partial charge on any atom is -0.478 e. The maximum absolute atomic E-state index is 11.3. The van der Waals surface area contributed by atoms with Gasteiger partial charge in [0.1, 0.15) is 5.01 Å². The molecule has 4 aromatic heterocycles. The van der Waals surface area contributed by atoms with E-state index in [9.17, 15) is 9.90 Å². The molecule has 0 atom stereocenters. The highest BCUT2D eigenvalue weighted by Gasteiger charge is 2.13. The summed E-state index contributed by atoms with van der Waals surface area (Å²) >= 11 is 1.36. The molecule has 160 valence electrons. The predicted molar refractivity (Wildman–Crippen MR) is 122 cm³/mol. The summed E-state index contributed by atoms with van der Waals surface area (Å²) in [6.07, 6.45) is 11.4. The molecule has 8 nitrogen and oxygen atoms in total. The van der Waals surface area contributed by atoms with Crippen LogP contribution in [0.2, 0.25) is 0 Å². The molecule has 0 radical (unpaired) electrons. The summed E-state index contributed by atoms with van der Waals surface area (Å²) in [6, 6.07) is 8.14. The van der Waals surface area contributed by atoms with E-state index < -0.39 is 5.97 Å². The minimum absolute atomic E-state index is 0.211. The van der Waals surface area contributed by atoms with Crippen molar-refractivity contribution in [3.05, 3.63) is 82.3 Å². The van der Waals surface area contributed by atoms with Gasteiger partial charge in [0.25, 0.3) is 0 Å². The average Bonchev–Trinajstić information content (AvgIpc) is 3.29. The Labute approximate surface area is 188 Å². The van der Waals surface area contributed by atoms with Gasteiger partial charge in [0.2, 0.25) is 0 Å². The van der Waals surface area contributed by atoms with E-state index in [1.165, 1.54) is 30.8 Å². The molecule has 4 heterocycles. The smallest absolute Gasteiger partial charge is 0.329 e. The molecule has 0 aliphatic carbocycles. The number of aryl methyl sites for hydroxylation is 1. The summed E-state index contributed by atoms with van der Waals surface area (Å²) in [6.45, 7) is 0. The standard InChI is InChI=1S/C23H19N5O3S/c1-31-23-25-12-16(13-26-23)19(11-20(29)30)22-28-18(14-32-22)7-3-2-6-17-9-8-15-5-4-10-24-21(15)27-17/h3-5,7-14H,2,6H2,1H3,(H,29,30)/b7-3+,19-11+. The second-order valence-corrected chi connectivity index (χ2v) is 7.58. The Balaban J connectivity index is 1.45.